The van der Waals surface area contributed by atoms with E-state index in [1.807, 2.05) is 20.8 Å². The molecule has 2 heterocycles. The van der Waals surface area contributed by atoms with Crippen molar-refractivity contribution in [2.75, 3.05) is 31.1 Å². The number of nitrogens with zero attached hydrogens (tertiary/aromatic N) is 3. The van der Waals surface area contributed by atoms with Crippen molar-refractivity contribution in [3.63, 3.8) is 0 Å². The van der Waals surface area contributed by atoms with Crippen LogP contribution in [0.15, 0.2) is 12.1 Å². The van der Waals surface area contributed by atoms with Crippen molar-refractivity contribution in [3.05, 3.63) is 27.3 Å². The third-order valence-electron chi connectivity index (χ3n) is 4.38. The van der Waals surface area contributed by atoms with Gasteiger partial charge < -0.3 is 19.3 Å². The summed E-state index contributed by atoms with van der Waals surface area (Å²) in [5.74, 6) is 0.453. The minimum atomic E-state index is -0.542. The number of anilines is 1. The second-order valence-corrected chi connectivity index (χ2v) is 7.85. The zero-order valence-electron chi connectivity index (χ0n) is 15.0. The van der Waals surface area contributed by atoms with Crippen molar-refractivity contribution in [2.24, 2.45) is 0 Å². The van der Waals surface area contributed by atoms with Gasteiger partial charge in [-0.2, -0.15) is 0 Å². The van der Waals surface area contributed by atoms with Crippen molar-refractivity contribution >= 4 is 29.1 Å². The lowest BCUT2D eigenvalue weighted by Crippen LogP contribution is -2.55. The molecule has 0 unspecified atom stereocenters. The number of fused-ring (bicyclic) bond motifs is 3. The standard InChI is InChI=1S/C17H22ClN3O5/c1-17(2,3)26-16(22)19-5-6-20-11(10-19)4-7-25-15-9-13(21(23)24)12(18)8-14(15)20/h8-9,11H,4-7,10H2,1-3H3/t11-/m0/s1. The molecule has 2 aliphatic heterocycles. The Balaban J connectivity index is 1.82. The Morgan fingerprint density at radius 3 is 2.77 bits per heavy atom. The zero-order chi connectivity index (χ0) is 19.1. The summed E-state index contributed by atoms with van der Waals surface area (Å²) in [7, 11) is 0. The first kappa shape index (κ1) is 18.6. The van der Waals surface area contributed by atoms with Gasteiger partial charge >= 0.3 is 6.09 Å². The van der Waals surface area contributed by atoms with Crippen LogP contribution in [0.3, 0.4) is 0 Å². The Kier molecular flexibility index (Phi) is 4.88. The van der Waals surface area contributed by atoms with E-state index < -0.39 is 10.5 Å². The lowest BCUT2D eigenvalue weighted by molar-refractivity contribution is -0.384. The van der Waals surface area contributed by atoms with E-state index in [1.165, 1.54) is 6.07 Å². The molecule has 1 amide bonds. The van der Waals surface area contributed by atoms with Crippen LogP contribution in [-0.4, -0.2) is 53.8 Å². The molecule has 0 radical (unpaired) electrons. The molecular formula is C17H22ClN3O5. The maximum absolute atomic E-state index is 12.4. The normalized spacial score (nSPS) is 19.8. The van der Waals surface area contributed by atoms with Crippen molar-refractivity contribution in [1.29, 1.82) is 0 Å². The van der Waals surface area contributed by atoms with Gasteiger partial charge in [-0.1, -0.05) is 11.6 Å². The van der Waals surface area contributed by atoms with Gasteiger partial charge in [-0.05, 0) is 26.8 Å². The van der Waals surface area contributed by atoms with Crippen LogP contribution < -0.4 is 9.64 Å². The van der Waals surface area contributed by atoms with E-state index in [0.717, 1.165) is 5.69 Å². The summed E-state index contributed by atoms with van der Waals surface area (Å²) in [6.07, 6.45) is 0.364. The molecule has 0 bridgehead atoms. The van der Waals surface area contributed by atoms with E-state index >= 15 is 0 Å². The largest absolute Gasteiger partial charge is 0.491 e. The molecule has 8 nitrogen and oxygen atoms in total. The van der Waals surface area contributed by atoms with Gasteiger partial charge in [0.1, 0.15) is 16.4 Å². The molecule has 0 saturated carbocycles. The van der Waals surface area contributed by atoms with Gasteiger partial charge in [-0.25, -0.2) is 4.79 Å². The molecule has 26 heavy (non-hydrogen) atoms. The molecule has 3 rings (SSSR count). The highest BCUT2D eigenvalue weighted by molar-refractivity contribution is 6.33. The Bertz CT molecular complexity index is 734. The van der Waals surface area contributed by atoms with Crippen LogP contribution in [0.1, 0.15) is 27.2 Å². The molecular weight excluding hydrogens is 362 g/mol. The Labute approximate surface area is 156 Å². The zero-order valence-corrected chi connectivity index (χ0v) is 15.8. The van der Waals surface area contributed by atoms with Gasteiger partial charge in [0, 0.05) is 26.1 Å². The number of carbonyl (C=O) groups excluding carboxylic acids is 1. The summed E-state index contributed by atoms with van der Waals surface area (Å²) in [5, 5.41) is 11.2. The smallest absolute Gasteiger partial charge is 0.410 e. The first-order valence-corrected chi connectivity index (χ1v) is 8.89. The van der Waals surface area contributed by atoms with E-state index in [-0.39, 0.29) is 22.8 Å². The van der Waals surface area contributed by atoms with Gasteiger partial charge in [0.25, 0.3) is 5.69 Å². The molecule has 2 aliphatic rings. The lowest BCUT2D eigenvalue weighted by atomic mass is 10.1. The van der Waals surface area contributed by atoms with Crippen LogP contribution in [-0.2, 0) is 4.74 Å². The van der Waals surface area contributed by atoms with Crippen molar-refractivity contribution in [1.82, 2.24) is 4.90 Å². The van der Waals surface area contributed by atoms with Gasteiger partial charge in [-0.3, -0.25) is 10.1 Å². The summed E-state index contributed by atoms with van der Waals surface area (Å²) >= 11 is 6.08. The third-order valence-corrected chi connectivity index (χ3v) is 4.68. The highest BCUT2D eigenvalue weighted by Gasteiger charge is 2.35. The Morgan fingerprint density at radius 1 is 1.38 bits per heavy atom. The first-order chi connectivity index (χ1) is 12.2. The molecule has 1 fully saturated rings. The number of nitro groups is 1. The van der Waals surface area contributed by atoms with Crippen molar-refractivity contribution in [2.45, 2.75) is 38.8 Å². The van der Waals surface area contributed by atoms with Gasteiger partial charge in [0.2, 0.25) is 0 Å². The second-order valence-electron chi connectivity index (χ2n) is 7.44. The molecule has 1 aromatic carbocycles. The Hall–Kier alpha value is -2.22. The van der Waals surface area contributed by atoms with E-state index in [9.17, 15) is 14.9 Å². The van der Waals surface area contributed by atoms with Gasteiger partial charge in [0.05, 0.1) is 29.3 Å². The third kappa shape index (κ3) is 3.80. The summed E-state index contributed by atoms with van der Waals surface area (Å²) in [4.78, 5) is 26.7. The molecule has 0 aliphatic carbocycles. The fraction of sp³-hybridized carbons (Fsp3) is 0.588. The fourth-order valence-corrected chi connectivity index (χ4v) is 3.46. The molecule has 142 valence electrons. The molecule has 0 aromatic heterocycles. The second kappa shape index (κ2) is 6.83. The first-order valence-electron chi connectivity index (χ1n) is 8.51. The van der Waals surface area contributed by atoms with Crippen LogP contribution in [0.2, 0.25) is 5.02 Å². The van der Waals surface area contributed by atoms with E-state index in [0.29, 0.717) is 38.4 Å². The SMILES string of the molecule is CC(C)(C)OC(=O)N1CCN2c3cc(Cl)c([N+](=O)[O-])cc3OCC[C@H]2C1. The minimum absolute atomic E-state index is 0.0371. The predicted octanol–water partition coefficient (Wildman–Crippen LogP) is 3.46. The summed E-state index contributed by atoms with van der Waals surface area (Å²) in [6.45, 7) is 7.51. The number of hydrogen-bond donors (Lipinski definition) is 0. The Morgan fingerprint density at radius 2 is 2.12 bits per heavy atom. The number of halogens is 1. The van der Waals surface area contributed by atoms with Crippen LogP contribution >= 0.6 is 11.6 Å². The van der Waals surface area contributed by atoms with Crippen LogP contribution in [0.4, 0.5) is 16.2 Å². The van der Waals surface area contributed by atoms with Crippen molar-refractivity contribution < 1.29 is 19.2 Å². The number of amides is 1. The maximum atomic E-state index is 12.4. The topological polar surface area (TPSA) is 85.2 Å². The molecule has 1 atom stereocenters. The van der Waals surface area contributed by atoms with E-state index in [2.05, 4.69) is 4.90 Å². The van der Waals surface area contributed by atoms with Crippen LogP contribution in [0.25, 0.3) is 0 Å². The van der Waals surface area contributed by atoms with Gasteiger partial charge in [0.15, 0.2) is 0 Å². The molecule has 0 spiro atoms. The molecule has 0 N–H and O–H groups in total. The average molecular weight is 384 g/mol. The highest BCUT2D eigenvalue weighted by atomic mass is 35.5. The predicted molar refractivity (Wildman–Crippen MR) is 97.2 cm³/mol. The molecule has 1 saturated heterocycles. The highest BCUT2D eigenvalue weighted by Crippen LogP contribution is 2.41. The monoisotopic (exact) mass is 383 g/mol. The van der Waals surface area contributed by atoms with Crippen LogP contribution in [0.5, 0.6) is 5.75 Å². The maximum Gasteiger partial charge on any atom is 0.410 e. The van der Waals surface area contributed by atoms with E-state index in [1.54, 1.807) is 11.0 Å². The number of benzene rings is 1. The number of piperazine rings is 1. The summed E-state index contributed by atoms with van der Waals surface area (Å²) in [5.41, 5.74) is 0.0167. The number of rotatable bonds is 1. The minimum Gasteiger partial charge on any atom is -0.491 e. The fourth-order valence-electron chi connectivity index (χ4n) is 3.23. The quantitative estimate of drug-likeness (QED) is 0.545. The molecule has 9 heteroatoms. The van der Waals surface area contributed by atoms with Gasteiger partial charge in [-0.15, -0.1) is 0 Å². The van der Waals surface area contributed by atoms with E-state index in [4.69, 9.17) is 21.1 Å². The number of nitro benzene ring substituents is 1. The molecule has 1 aromatic rings. The number of hydrogen-bond acceptors (Lipinski definition) is 6. The number of ether oxygens (including phenoxy) is 2. The van der Waals surface area contributed by atoms with Crippen LogP contribution in [0, 0.1) is 10.1 Å². The number of carbonyl (C=O) groups is 1. The lowest BCUT2D eigenvalue weighted by Gasteiger charge is -2.42. The average Bonchev–Trinajstić information content (AvgIpc) is 2.70. The van der Waals surface area contributed by atoms with Crippen molar-refractivity contribution in [3.8, 4) is 5.75 Å². The summed E-state index contributed by atoms with van der Waals surface area (Å²) in [6, 6.07) is 2.99. The summed E-state index contributed by atoms with van der Waals surface area (Å²) < 4.78 is 11.2.